The van der Waals surface area contributed by atoms with Gasteiger partial charge >= 0.3 is 0 Å². The van der Waals surface area contributed by atoms with Gasteiger partial charge in [0.25, 0.3) is 0 Å². The smallest absolute Gasteiger partial charge is 0.119 e. The molecule has 2 N–H and O–H groups in total. The zero-order valence-corrected chi connectivity index (χ0v) is 6.89. The Hall–Kier alpha value is -0.730. The van der Waals surface area contributed by atoms with Crippen LogP contribution in [0.25, 0.3) is 0 Å². The molecule has 0 atom stereocenters. The predicted octanol–water partition coefficient (Wildman–Crippen LogP) is 1.85. The molecule has 0 saturated carbocycles. The van der Waals surface area contributed by atoms with Crippen LogP contribution in [0.1, 0.15) is 11.1 Å². The summed E-state index contributed by atoms with van der Waals surface area (Å²) >= 11 is 5.68. The lowest BCUT2D eigenvalue weighted by molar-refractivity contribution is 0.281. The lowest BCUT2D eigenvalue weighted by atomic mass is 10.1. The first kappa shape index (κ1) is 8.37. The third kappa shape index (κ3) is 1.64. The van der Waals surface area contributed by atoms with Gasteiger partial charge in [-0.2, -0.15) is 0 Å². The van der Waals surface area contributed by atoms with Gasteiger partial charge in [0.2, 0.25) is 0 Å². The summed E-state index contributed by atoms with van der Waals surface area (Å²) in [5.41, 5.74) is 1.36. The number of phenolic OH excluding ortho intramolecular Hbond substituents is 1. The Bertz CT molecular complexity index is 271. The Morgan fingerprint density at radius 1 is 1.45 bits per heavy atom. The van der Waals surface area contributed by atoms with Gasteiger partial charge in [-0.3, -0.25) is 0 Å². The molecule has 0 aliphatic carbocycles. The van der Waals surface area contributed by atoms with Gasteiger partial charge in [-0.1, -0.05) is 11.6 Å². The number of aliphatic hydroxyl groups excluding tert-OH is 1. The van der Waals surface area contributed by atoms with Crippen molar-refractivity contribution < 1.29 is 10.2 Å². The van der Waals surface area contributed by atoms with Gasteiger partial charge in [-0.25, -0.2) is 0 Å². The molecule has 0 aromatic heterocycles. The quantitative estimate of drug-likeness (QED) is 0.679. The lowest BCUT2D eigenvalue weighted by Crippen LogP contribution is -1.86. The summed E-state index contributed by atoms with van der Waals surface area (Å²) in [6.07, 6.45) is 0. The van der Waals surface area contributed by atoms with E-state index in [1.165, 1.54) is 6.07 Å². The fourth-order valence-electron chi connectivity index (χ4n) is 0.852. The lowest BCUT2D eigenvalue weighted by Gasteiger charge is -2.03. The summed E-state index contributed by atoms with van der Waals surface area (Å²) in [5, 5.41) is 18.3. The number of halogens is 1. The van der Waals surface area contributed by atoms with E-state index in [-0.39, 0.29) is 12.4 Å². The van der Waals surface area contributed by atoms with Gasteiger partial charge in [0.1, 0.15) is 5.75 Å². The van der Waals surface area contributed by atoms with Crippen molar-refractivity contribution in [2.75, 3.05) is 0 Å². The van der Waals surface area contributed by atoms with Gasteiger partial charge in [0.15, 0.2) is 0 Å². The maximum absolute atomic E-state index is 9.15. The maximum atomic E-state index is 9.15. The van der Waals surface area contributed by atoms with Crippen LogP contribution < -0.4 is 0 Å². The van der Waals surface area contributed by atoms with Crippen molar-refractivity contribution >= 4 is 11.6 Å². The third-order valence-corrected chi connectivity index (χ3v) is 1.89. The van der Waals surface area contributed by atoms with Crippen LogP contribution in [0, 0.1) is 6.92 Å². The van der Waals surface area contributed by atoms with Gasteiger partial charge in [-0.05, 0) is 30.2 Å². The summed E-state index contributed by atoms with van der Waals surface area (Å²) in [7, 11) is 0. The molecule has 3 heteroatoms. The standard InChI is InChI=1S/C8H9ClO2/c1-5-2-6(4-10)7(9)3-8(5)11/h2-3,10-11H,4H2,1H3. The summed E-state index contributed by atoms with van der Waals surface area (Å²) in [5.74, 6) is 0.159. The van der Waals surface area contributed by atoms with Crippen LogP contribution in [0.3, 0.4) is 0 Å². The highest BCUT2D eigenvalue weighted by Crippen LogP contribution is 2.25. The second-order valence-electron chi connectivity index (χ2n) is 2.39. The van der Waals surface area contributed by atoms with E-state index in [1.807, 2.05) is 0 Å². The van der Waals surface area contributed by atoms with Crippen molar-refractivity contribution in [3.63, 3.8) is 0 Å². The number of hydrogen-bond donors (Lipinski definition) is 2. The molecular weight excluding hydrogens is 164 g/mol. The van der Waals surface area contributed by atoms with E-state index < -0.39 is 0 Å². The monoisotopic (exact) mass is 172 g/mol. The van der Waals surface area contributed by atoms with Crippen LogP contribution >= 0.6 is 11.6 Å². The molecule has 2 nitrogen and oxygen atoms in total. The highest BCUT2D eigenvalue weighted by Gasteiger charge is 2.02. The summed E-state index contributed by atoms with van der Waals surface area (Å²) < 4.78 is 0. The molecule has 0 saturated heterocycles. The number of phenols is 1. The minimum absolute atomic E-state index is 0.0973. The van der Waals surface area contributed by atoms with E-state index in [9.17, 15) is 0 Å². The highest BCUT2D eigenvalue weighted by molar-refractivity contribution is 6.31. The average molecular weight is 173 g/mol. The molecule has 0 unspecified atom stereocenters. The molecule has 60 valence electrons. The minimum Gasteiger partial charge on any atom is -0.508 e. The predicted molar refractivity (Wildman–Crippen MR) is 43.8 cm³/mol. The van der Waals surface area contributed by atoms with Crippen molar-refractivity contribution in [3.8, 4) is 5.75 Å². The Labute approximate surface area is 70.1 Å². The van der Waals surface area contributed by atoms with Gasteiger partial charge in [-0.15, -0.1) is 0 Å². The largest absolute Gasteiger partial charge is 0.508 e. The van der Waals surface area contributed by atoms with Gasteiger partial charge in [0, 0.05) is 5.02 Å². The number of aromatic hydroxyl groups is 1. The number of aliphatic hydroxyl groups is 1. The highest BCUT2D eigenvalue weighted by atomic mass is 35.5. The van der Waals surface area contributed by atoms with E-state index in [0.717, 1.165) is 5.56 Å². The summed E-state index contributed by atoms with van der Waals surface area (Å²) in [6.45, 7) is 1.66. The Morgan fingerprint density at radius 2 is 2.09 bits per heavy atom. The fourth-order valence-corrected chi connectivity index (χ4v) is 1.07. The van der Waals surface area contributed by atoms with Crippen LogP contribution in [0.4, 0.5) is 0 Å². The number of hydrogen-bond acceptors (Lipinski definition) is 2. The number of rotatable bonds is 1. The van der Waals surface area contributed by atoms with E-state index in [2.05, 4.69) is 0 Å². The first-order valence-corrected chi connectivity index (χ1v) is 3.62. The van der Waals surface area contributed by atoms with Crippen molar-refractivity contribution in [2.45, 2.75) is 13.5 Å². The molecule has 11 heavy (non-hydrogen) atoms. The molecule has 0 aliphatic rings. The van der Waals surface area contributed by atoms with E-state index in [1.54, 1.807) is 13.0 Å². The molecule has 1 aromatic carbocycles. The Balaban J connectivity index is 3.21. The molecule has 0 spiro atoms. The topological polar surface area (TPSA) is 40.5 Å². The van der Waals surface area contributed by atoms with E-state index in [0.29, 0.717) is 10.6 Å². The SMILES string of the molecule is Cc1cc(CO)c(Cl)cc1O. The van der Waals surface area contributed by atoms with Gasteiger partial charge < -0.3 is 10.2 Å². The number of benzene rings is 1. The van der Waals surface area contributed by atoms with Crippen LogP contribution in [-0.2, 0) is 6.61 Å². The van der Waals surface area contributed by atoms with E-state index >= 15 is 0 Å². The first-order valence-electron chi connectivity index (χ1n) is 3.24. The number of aryl methyl sites for hydroxylation is 1. The average Bonchev–Trinajstić information content (AvgIpc) is 1.97. The van der Waals surface area contributed by atoms with Crippen molar-refractivity contribution in [1.29, 1.82) is 0 Å². The van der Waals surface area contributed by atoms with Gasteiger partial charge in [0.05, 0.1) is 6.61 Å². The summed E-state index contributed by atoms with van der Waals surface area (Å²) in [4.78, 5) is 0. The van der Waals surface area contributed by atoms with Crippen molar-refractivity contribution in [1.82, 2.24) is 0 Å². The fraction of sp³-hybridized carbons (Fsp3) is 0.250. The van der Waals surface area contributed by atoms with Crippen molar-refractivity contribution in [3.05, 3.63) is 28.3 Å². The zero-order chi connectivity index (χ0) is 8.43. The first-order chi connectivity index (χ1) is 5.15. The minimum atomic E-state index is -0.0973. The summed E-state index contributed by atoms with van der Waals surface area (Å²) in [6, 6.07) is 3.10. The van der Waals surface area contributed by atoms with Crippen molar-refractivity contribution in [2.24, 2.45) is 0 Å². The van der Waals surface area contributed by atoms with Crippen LogP contribution in [0.5, 0.6) is 5.75 Å². The van der Waals surface area contributed by atoms with Crippen LogP contribution in [-0.4, -0.2) is 10.2 Å². The molecular formula is C8H9ClO2. The molecule has 0 bridgehead atoms. The normalized spacial score (nSPS) is 10.1. The second-order valence-corrected chi connectivity index (χ2v) is 2.80. The zero-order valence-electron chi connectivity index (χ0n) is 6.13. The molecule has 0 radical (unpaired) electrons. The molecule has 1 aromatic rings. The third-order valence-electron chi connectivity index (χ3n) is 1.54. The second kappa shape index (κ2) is 3.11. The molecule has 0 amide bonds. The molecule has 0 heterocycles. The van der Waals surface area contributed by atoms with E-state index in [4.69, 9.17) is 21.8 Å². The van der Waals surface area contributed by atoms with Crippen LogP contribution in [0.2, 0.25) is 5.02 Å². The van der Waals surface area contributed by atoms with Crippen LogP contribution in [0.15, 0.2) is 12.1 Å². The Morgan fingerprint density at radius 3 is 2.64 bits per heavy atom. The Kier molecular flexibility index (Phi) is 2.37. The molecule has 1 rings (SSSR count). The maximum Gasteiger partial charge on any atom is 0.119 e. The molecule has 0 aliphatic heterocycles. The molecule has 0 fully saturated rings.